The Morgan fingerprint density at radius 1 is 1.19 bits per heavy atom. The van der Waals surface area contributed by atoms with E-state index in [1.54, 1.807) is 24.4 Å². The summed E-state index contributed by atoms with van der Waals surface area (Å²) < 4.78 is 20.8. The fourth-order valence-corrected chi connectivity index (χ4v) is 2.88. The van der Waals surface area contributed by atoms with Gasteiger partial charge in [-0.25, -0.2) is 14.1 Å². The van der Waals surface area contributed by atoms with Crippen molar-refractivity contribution in [2.45, 2.75) is 25.5 Å². The molecule has 0 aliphatic rings. The Morgan fingerprint density at radius 2 is 2.00 bits per heavy atom. The van der Waals surface area contributed by atoms with Crippen LogP contribution in [0.25, 0.3) is 11.3 Å². The molecule has 0 bridgehead atoms. The van der Waals surface area contributed by atoms with Gasteiger partial charge in [0, 0.05) is 23.9 Å². The lowest BCUT2D eigenvalue weighted by molar-refractivity contribution is 0.350. The van der Waals surface area contributed by atoms with Gasteiger partial charge in [0.05, 0.1) is 12.2 Å². The van der Waals surface area contributed by atoms with Crippen molar-refractivity contribution in [3.8, 4) is 17.1 Å². The van der Waals surface area contributed by atoms with Crippen molar-refractivity contribution in [3.05, 3.63) is 76.0 Å². The summed E-state index contributed by atoms with van der Waals surface area (Å²) in [7, 11) is 5.01. The van der Waals surface area contributed by atoms with E-state index >= 15 is 0 Å². The van der Waals surface area contributed by atoms with Crippen LogP contribution in [0.2, 0.25) is 0 Å². The number of ether oxygens (including phenoxy) is 1. The lowest BCUT2D eigenvalue weighted by Gasteiger charge is -2.10. The van der Waals surface area contributed by atoms with Gasteiger partial charge in [0.25, 0.3) is 5.56 Å². The number of aryl methyl sites for hydroxylation is 1. The first-order chi connectivity index (χ1) is 13.0. The number of nitrogens with zero attached hydrogens (tertiary/aromatic N) is 3. The Morgan fingerprint density at radius 3 is 2.63 bits per heavy atom. The van der Waals surface area contributed by atoms with Crippen LogP contribution >= 0.6 is 18.5 Å². The van der Waals surface area contributed by atoms with Crippen LogP contribution in [-0.4, -0.2) is 20.4 Å². The highest BCUT2D eigenvalue weighted by Crippen LogP contribution is 2.20. The summed E-state index contributed by atoms with van der Waals surface area (Å²) in [6, 6.07) is 11.7. The van der Waals surface area contributed by atoms with Gasteiger partial charge in [-0.15, -0.1) is 0 Å². The van der Waals surface area contributed by atoms with Crippen molar-refractivity contribution in [1.82, 2.24) is 14.8 Å². The molecule has 8 heteroatoms. The summed E-state index contributed by atoms with van der Waals surface area (Å²) in [6.07, 6.45) is 2.26. The van der Waals surface area contributed by atoms with Crippen LogP contribution in [-0.2, 0) is 13.0 Å². The average molecular weight is 403 g/mol. The SMILES string of the molecule is CCc1ccc(Cn2nc(-c3ccc(OC(P)P)nc3)ccc2=O)cc1F. The fourth-order valence-electron chi connectivity index (χ4n) is 2.61. The third kappa shape index (κ3) is 4.97. The number of hydrogen-bond acceptors (Lipinski definition) is 4. The molecule has 2 atom stereocenters. The molecule has 2 heterocycles. The monoisotopic (exact) mass is 403 g/mol. The molecule has 140 valence electrons. The molecule has 0 radical (unpaired) electrons. The van der Waals surface area contributed by atoms with E-state index in [1.807, 2.05) is 19.1 Å². The van der Waals surface area contributed by atoms with Gasteiger partial charge in [0.1, 0.15) is 11.4 Å². The smallest absolute Gasteiger partial charge is 0.267 e. The van der Waals surface area contributed by atoms with E-state index in [2.05, 4.69) is 28.6 Å². The van der Waals surface area contributed by atoms with Crippen molar-refractivity contribution in [3.63, 3.8) is 0 Å². The second-order valence-corrected chi connectivity index (χ2v) is 8.05. The van der Waals surface area contributed by atoms with Gasteiger partial charge in [0.2, 0.25) is 5.88 Å². The molecule has 0 aliphatic heterocycles. The van der Waals surface area contributed by atoms with Gasteiger partial charge < -0.3 is 4.74 Å². The van der Waals surface area contributed by atoms with Crippen LogP contribution in [0.1, 0.15) is 18.1 Å². The molecular weight excluding hydrogens is 383 g/mol. The molecule has 5 nitrogen and oxygen atoms in total. The van der Waals surface area contributed by atoms with Crippen molar-refractivity contribution in [2.75, 3.05) is 0 Å². The van der Waals surface area contributed by atoms with Crippen molar-refractivity contribution in [2.24, 2.45) is 0 Å². The largest absolute Gasteiger partial charge is 0.466 e. The van der Waals surface area contributed by atoms with Crippen LogP contribution in [0.4, 0.5) is 4.39 Å². The predicted octanol–water partition coefficient (Wildman–Crippen LogP) is 3.47. The van der Waals surface area contributed by atoms with E-state index in [9.17, 15) is 9.18 Å². The Balaban J connectivity index is 1.86. The minimum atomic E-state index is -0.263. The fraction of sp³-hybridized carbons (Fsp3) is 0.211. The first kappa shape index (κ1) is 19.6. The summed E-state index contributed by atoms with van der Waals surface area (Å²) in [4.78, 5) is 16.4. The molecular formula is C19H20FN3O2P2. The number of benzene rings is 1. The number of hydrogen-bond donors (Lipinski definition) is 0. The zero-order chi connectivity index (χ0) is 19.4. The molecule has 3 aromatic rings. The standard InChI is InChI=1S/C19H20FN3O2P2/c1-2-13-4-3-12(9-15(13)20)11-23-18(24)8-6-16(22-23)14-5-7-17(21-10-14)25-19(26)27/h3-10,19H,2,11,26-27H2,1H3. The van der Waals surface area contributed by atoms with Crippen molar-refractivity contribution < 1.29 is 9.13 Å². The molecule has 0 fully saturated rings. The zero-order valence-corrected chi connectivity index (χ0v) is 17.1. The van der Waals surface area contributed by atoms with Crippen LogP contribution < -0.4 is 10.3 Å². The lowest BCUT2D eigenvalue weighted by atomic mass is 10.1. The van der Waals surface area contributed by atoms with Gasteiger partial charge in [0.15, 0.2) is 0 Å². The summed E-state index contributed by atoms with van der Waals surface area (Å²) in [5.74, 6) is 0.231. The summed E-state index contributed by atoms with van der Waals surface area (Å²) in [6.45, 7) is 2.10. The predicted molar refractivity (Wildman–Crippen MR) is 110 cm³/mol. The maximum absolute atomic E-state index is 14.0. The van der Waals surface area contributed by atoms with Crippen molar-refractivity contribution in [1.29, 1.82) is 0 Å². The molecule has 0 amide bonds. The number of pyridine rings is 1. The highest BCUT2D eigenvalue weighted by Gasteiger charge is 2.08. The molecule has 1 aromatic carbocycles. The van der Waals surface area contributed by atoms with Crippen LogP contribution in [0.3, 0.4) is 0 Å². The van der Waals surface area contributed by atoms with E-state index in [-0.39, 0.29) is 23.5 Å². The van der Waals surface area contributed by atoms with Crippen LogP contribution in [0.15, 0.2) is 53.5 Å². The first-order valence-electron chi connectivity index (χ1n) is 8.46. The van der Waals surface area contributed by atoms with Crippen molar-refractivity contribution >= 4 is 18.5 Å². The molecule has 0 saturated heterocycles. The third-order valence-electron chi connectivity index (χ3n) is 3.99. The van der Waals surface area contributed by atoms with Gasteiger partial charge in [-0.2, -0.15) is 5.10 Å². The highest BCUT2D eigenvalue weighted by atomic mass is 31.1. The summed E-state index contributed by atoms with van der Waals surface area (Å²) in [5, 5.41) is 4.39. The summed E-state index contributed by atoms with van der Waals surface area (Å²) >= 11 is 0. The molecule has 3 rings (SSSR count). The quantitative estimate of drug-likeness (QED) is 0.592. The minimum absolute atomic E-state index is 0.122. The lowest BCUT2D eigenvalue weighted by Crippen LogP contribution is -2.23. The second-order valence-electron chi connectivity index (χ2n) is 5.96. The van der Waals surface area contributed by atoms with Gasteiger partial charge in [-0.3, -0.25) is 4.79 Å². The maximum Gasteiger partial charge on any atom is 0.267 e. The average Bonchev–Trinajstić information content (AvgIpc) is 2.64. The molecule has 27 heavy (non-hydrogen) atoms. The van der Waals surface area contributed by atoms with Gasteiger partial charge >= 0.3 is 0 Å². The molecule has 0 N–H and O–H groups in total. The molecule has 0 spiro atoms. The Hall–Kier alpha value is -2.16. The van der Waals surface area contributed by atoms with E-state index in [4.69, 9.17) is 4.74 Å². The number of aromatic nitrogens is 3. The van der Waals surface area contributed by atoms with E-state index in [1.165, 1.54) is 16.8 Å². The Bertz CT molecular complexity index is 991. The van der Waals surface area contributed by atoms with E-state index < -0.39 is 0 Å². The van der Waals surface area contributed by atoms with Crippen LogP contribution in [0.5, 0.6) is 5.88 Å². The van der Waals surface area contributed by atoms with E-state index in [0.717, 1.165) is 5.56 Å². The molecule has 0 aliphatic carbocycles. The molecule has 0 saturated carbocycles. The van der Waals surface area contributed by atoms with E-state index in [0.29, 0.717) is 29.1 Å². The van der Waals surface area contributed by atoms with Gasteiger partial charge in [-0.05, 0) is 35.7 Å². The Labute approximate surface area is 161 Å². The van der Waals surface area contributed by atoms with Crippen LogP contribution in [0, 0.1) is 5.82 Å². The Kier molecular flexibility index (Phi) is 6.30. The van der Waals surface area contributed by atoms with Gasteiger partial charge in [-0.1, -0.05) is 37.5 Å². The topological polar surface area (TPSA) is 57.0 Å². The third-order valence-corrected chi connectivity index (χ3v) is 4.26. The second kappa shape index (κ2) is 8.69. The number of halogens is 1. The summed E-state index contributed by atoms with van der Waals surface area (Å²) in [5.41, 5.74) is 2.33. The highest BCUT2D eigenvalue weighted by molar-refractivity contribution is 7.37. The minimum Gasteiger partial charge on any atom is -0.466 e. The zero-order valence-electron chi connectivity index (χ0n) is 14.8. The first-order valence-corrected chi connectivity index (χ1v) is 9.79. The molecule has 2 unspecified atom stereocenters. The maximum atomic E-state index is 14.0. The molecule has 2 aromatic heterocycles. The normalized spacial score (nSPS) is 11.0. The number of rotatable bonds is 6.